The van der Waals surface area contributed by atoms with Gasteiger partial charge in [0.25, 0.3) is 0 Å². The maximum Gasteiger partial charge on any atom is 0.132 e. The zero-order valence-electron chi connectivity index (χ0n) is 17.2. The van der Waals surface area contributed by atoms with Crippen LogP contribution < -0.4 is 20.5 Å². The molecule has 6 nitrogen and oxygen atoms in total. The van der Waals surface area contributed by atoms with Crippen LogP contribution in [0.2, 0.25) is 0 Å². The van der Waals surface area contributed by atoms with Gasteiger partial charge in [0, 0.05) is 24.5 Å². The van der Waals surface area contributed by atoms with Crippen LogP contribution in [0.5, 0.6) is 11.5 Å². The summed E-state index contributed by atoms with van der Waals surface area (Å²) < 4.78 is 17.2. The Balaban J connectivity index is 1.76. The molecule has 1 unspecified atom stereocenters. The number of hydrogen-bond acceptors (Lipinski definition) is 6. The van der Waals surface area contributed by atoms with E-state index >= 15 is 0 Å². The van der Waals surface area contributed by atoms with E-state index in [4.69, 9.17) is 24.9 Å². The van der Waals surface area contributed by atoms with E-state index in [9.17, 15) is 0 Å². The van der Waals surface area contributed by atoms with E-state index in [0.717, 1.165) is 33.8 Å². The fraction of sp³-hybridized carbons (Fsp3) is 0.348. The molecule has 0 fully saturated rings. The van der Waals surface area contributed by atoms with Crippen LogP contribution in [-0.4, -0.2) is 37.4 Å². The highest BCUT2D eigenvalue weighted by Crippen LogP contribution is 2.28. The third kappa shape index (κ3) is 5.82. The number of ether oxygens (including phenoxy) is 3. The van der Waals surface area contributed by atoms with Crippen LogP contribution >= 0.6 is 0 Å². The van der Waals surface area contributed by atoms with Gasteiger partial charge in [0.05, 0.1) is 24.8 Å². The predicted octanol–water partition coefficient (Wildman–Crippen LogP) is 3.99. The molecule has 3 rings (SSSR count). The molecule has 3 N–H and O–H groups in total. The van der Waals surface area contributed by atoms with Gasteiger partial charge in [-0.05, 0) is 43.7 Å². The van der Waals surface area contributed by atoms with Gasteiger partial charge < -0.3 is 25.3 Å². The molecule has 1 aromatic heterocycles. The highest BCUT2D eigenvalue weighted by molar-refractivity contribution is 5.86. The molecule has 154 valence electrons. The summed E-state index contributed by atoms with van der Waals surface area (Å²) in [7, 11) is 1.66. The summed E-state index contributed by atoms with van der Waals surface area (Å²) in [6, 6.07) is 17.7. The van der Waals surface area contributed by atoms with Gasteiger partial charge in [-0.2, -0.15) is 0 Å². The Morgan fingerprint density at radius 3 is 2.52 bits per heavy atom. The molecule has 1 atom stereocenters. The van der Waals surface area contributed by atoms with Crippen molar-refractivity contribution in [3.05, 3.63) is 60.2 Å². The van der Waals surface area contributed by atoms with Crippen molar-refractivity contribution in [1.82, 2.24) is 4.98 Å². The van der Waals surface area contributed by atoms with Crippen molar-refractivity contribution in [2.75, 3.05) is 25.5 Å². The smallest absolute Gasteiger partial charge is 0.132 e. The first-order chi connectivity index (χ1) is 14.1. The average Bonchev–Trinajstić information content (AvgIpc) is 2.75. The SMILES string of the molecule is COc1ccc(COc2cc(NCC(CN)OC(C)C)nc3ccccc23)cc1. The van der Waals surface area contributed by atoms with Crippen molar-refractivity contribution < 1.29 is 14.2 Å². The summed E-state index contributed by atoms with van der Waals surface area (Å²) in [5.41, 5.74) is 7.76. The van der Waals surface area contributed by atoms with Crippen LogP contribution in [-0.2, 0) is 11.3 Å². The van der Waals surface area contributed by atoms with Crippen LogP contribution in [0.15, 0.2) is 54.6 Å². The number of benzene rings is 2. The second kappa shape index (κ2) is 10.1. The van der Waals surface area contributed by atoms with Crippen molar-refractivity contribution in [3.63, 3.8) is 0 Å². The number of nitrogens with two attached hydrogens (primary N) is 1. The first-order valence-corrected chi connectivity index (χ1v) is 9.84. The third-order valence-corrected chi connectivity index (χ3v) is 4.47. The maximum atomic E-state index is 6.14. The Kier molecular flexibility index (Phi) is 7.27. The molecule has 0 saturated carbocycles. The monoisotopic (exact) mass is 395 g/mol. The van der Waals surface area contributed by atoms with Crippen molar-refractivity contribution in [1.29, 1.82) is 0 Å². The molecule has 0 saturated heterocycles. The van der Waals surface area contributed by atoms with Crippen molar-refractivity contribution in [2.45, 2.75) is 32.7 Å². The van der Waals surface area contributed by atoms with Crippen molar-refractivity contribution in [2.24, 2.45) is 5.73 Å². The summed E-state index contributed by atoms with van der Waals surface area (Å²) in [6.45, 7) is 5.49. The van der Waals surface area contributed by atoms with E-state index in [1.807, 2.05) is 68.4 Å². The zero-order valence-corrected chi connectivity index (χ0v) is 17.2. The van der Waals surface area contributed by atoms with E-state index in [-0.39, 0.29) is 12.2 Å². The molecule has 29 heavy (non-hydrogen) atoms. The number of hydrogen-bond donors (Lipinski definition) is 2. The van der Waals surface area contributed by atoms with Gasteiger partial charge in [0.1, 0.15) is 23.9 Å². The fourth-order valence-corrected chi connectivity index (χ4v) is 3.03. The number of para-hydroxylation sites is 1. The molecule has 3 aromatic rings. The van der Waals surface area contributed by atoms with Crippen molar-refractivity contribution >= 4 is 16.7 Å². The highest BCUT2D eigenvalue weighted by Gasteiger charge is 2.12. The number of fused-ring (bicyclic) bond motifs is 1. The molecule has 1 heterocycles. The number of anilines is 1. The standard InChI is InChI=1S/C23H29N3O3/c1-16(2)29-19(13-24)14-25-23-12-22(20-6-4-5-7-21(20)26-23)28-15-17-8-10-18(27-3)11-9-17/h4-12,16,19H,13-15,24H2,1-3H3,(H,25,26). The Bertz CT molecular complexity index is 913. The molecule has 6 heteroatoms. The third-order valence-electron chi connectivity index (χ3n) is 4.47. The summed E-state index contributed by atoms with van der Waals surface area (Å²) in [5.74, 6) is 2.34. The number of pyridine rings is 1. The Morgan fingerprint density at radius 1 is 1.07 bits per heavy atom. The lowest BCUT2D eigenvalue weighted by molar-refractivity contribution is 0.0209. The topological polar surface area (TPSA) is 78.6 Å². The second-order valence-electron chi connectivity index (χ2n) is 7.08. The van der Waals surface area contributed by atoms with Gasteiger partial charge >= 0.3 is 0 Å². The lowest BCUT2D eigenvalue weighted by Gasteiger charge is -2.20. The fourth-order valence-electron chi connectivity index (χ4n) is 3.03. The van der Waals surface area contributed by atoms with Gasteiger partial charge in [-0.15, -0.1) is 0 Å². The van der Waals surface area contributed by atoms with Crippen molar-refractivity contribution in [3.8, 4) is 11.5 Å². The molecule has 0 amide bonds. The maximum absolute atomic E-state index is 6.14. The largest absolute Gasteiger partial charge is 0.497 e. The minimum atomic E-state index is -0.0769. The molecule has 0 aliphatic rings. The number of nitrogens with one attached hydrogen (secondary N) is 1. The summed E-state index contributed by atoms with van der Waals surface area (Å²) in [5, 5.41) is 4.31. The van der Waals surface area contributed by atoms with Gasteiger partial charge in [0.15, 0.2) is 0 Å². The first kappa shape index (κ1) is 20.9. The average molecular weight is 396 g/mol. The molecule has 0 bridgehead atoms. The number of rotatable bonds is 10. The predicted molar refractivity (Wildman–Crippen MR) is 117 cm³/mol. The van der Waals surface area contributed by atoms with Crippen LogP contribution in [0.3, 0.4) is 0 Å². The van der Waals surface area contributed by atoms with Gasteiger partial charge in [-0.25, -0.2) is 4.98 Å². The van der Waals surface area contributed by atoms with E-state index < -0.39 is 0 Å². The second-order valence-corrected chi connectivity index (χ2v) is 7.08. The zero-order chi connectivity index (χ0) is 20.6. The van der Waals surface area contributed by atoms with Crippen LogP contribution in [0.4, 0.5) is 5.82 Å². The van der Waals surface area contributed by atoms with Gasteiger partial charge in [-0.3, -0.25) is 0 Å². The molecule has 0 radical (unpaired) electrons. The number of methoxy groups -OCH3 is 1. The van der Waals surface area contributed by atoms with E-state index in [1.54, 1.807) is 7.11 Å². The first-order valence-electron chi connectivity index (χ1n) is 9.84. The van der Waals surface area contributed by atoms with E-state index in [0.29, 0.717) is 19.7 Å². The van der Waals surface area contributed by atoms with Gasteiger partial charge in [0.2, 0.25) is 0 Å². The summed E-state index contributed by atoms with van der Waals surface area (Å²) in [6.07, 6.45) is 0.0465. The molecule has 2 aromatic carbocycles. The van der Waals surface area contributed by atoms with Crippen LogP contribution in [0, 0.1) is 0 Å². The van der Waals surface area contributed by atoms with Crippen LogP contribution in [0.1, 0.15) is 19.4 Å². The Labute approximate surface area is 172 Å². The van der Waals surface area contributed by atoms with Crippen LogP contribution in [0.25, 0.3) is 10.9 Å². The number of nitrogens with zero attached hydrogens (tertiary/aromatic N) is 1. The molecule has 0 aliphatic carbocycles. The highest BCUT2D eigenvalue weighted by atomic mass is 16.5. The summed E-state index contributed by atoms with van der Waals surface area (Å²) in [4.78, 5) is 4.69. The Hall–Kier alpha value is -2.83. The molecular formula is C23H29N3O3. The Morgan fingerprint density at radius 2 is 1.83 bits per heavy atom. The number of aromatic nitrogens is 1. The summed E-state index contributed by atoms with van der Waals surface area (Å²) >= 11 is 0. The van der Waals surface area contributed by atoms with E-state index in [1.165, 1.54) is 0 Å². The molecule has 0 spiro atoms. The molecule has 0 aliphatic heterocycles. The lowest BCUT2D eigenvalue weighted by atomic mass is 10.2. The van der Waals surface area contributed by atoms with E-state index in [2.05, 4.69) is 5.32 Å². The minimum Gasteiger partial charge on any atom is -0.497 e. The quantitative estimate of drug-likeness (QED) is 0.540. The normalized spacial score (nSPS) is 12.2. The minimum absolute atomic E-state index is 0.0769. The van der Waals surface area contributed by atoms with Gasteiger partial charge in [-0.1, -0.05) is 24.3 Å². The lowest BCUT2D eigenvalue weighted by Crippen LogP contribution is -2.33. The molecular weight excluding hydrogens is 366 g/mol.